The minimum Gasteiger partial charge on any atom is -0.335 e. The zero-order valence-electron chi connectivity index (χ0n) is 9.19. The lowest BCUT2D eigenvalue weighted by Gasteiger charge is -2.29. The summed E-state index contributed by atoms with van der Waals surface area (Å²) in [6.45, 7) is 2.01. The normalized spacial score (nSPS) is 15.9. The number of likely N-dealkylation sites (N-methyl/N-ethyl adjacent to an activating group) is 1. The van der Waals surface area contributed by atoms with Gasteiger partial charge in [0.2, 0.25) is 5.91 Å². The lowest BCUT2D eigenvalue weighted by atomic mass is 9.96. The Balaban J connectivity index is 4.44. The van der Waals surface area contributed by atoms with Crippen LogP contribution < -0.4 is 5.73 Å². The van der Waals surface area contributed by atoms with E-state index in [1.165, 1.54) is 6.92 Å². The number of hydrogen-bond donors (Lipinski definition) is 1. The van der Waals surface area contributed by atoms with Crippen LogP contribution in [0.1, 0.15) is 26.7 Å². The van der Waals surface area contributed by atoms with Crippen molar-refractivity contribution in [2.75, 3.05) is 13.6 Å². The maximum Gasteiger partial charge on any atom is 0.406 e. The van der Waals surface area contributed by atoms with Crippen LogP contribution in [0.15, 0.2) is 0 Å². The van der Waals surface area contributed by atoms with Crippen LogP contribution in [-0.4, -0.2) is 36.1 Å². The fourth-order valence-electron chi connectivity index (χ4n) is 1.40. The molecule has 0 aromatic carbocycles. The van der Waals surface area contributed by atoms with Gasteiger partial charge in [-0.15, -0.1) is 0 Å². The number of nitrogens with two attached hydrogens (primary N) is 1. The van der Waals surface area contributed by atoms with Crippen molar-refractivity contribution in [3.8, 4) is 0 Å². The number of carbonyl (C=O) groups is 1. The number of amides is 1. The highest BCUT2D eigenvalue weighted by molar-refractivity contribution is 5.85. The molecule has 6 heteroatoms. The highest BCUT2D eigenvalue weighted by Gasteiger charge is 2.36. The molecule has 15 heavy (non-hydrogen) atoms. The molecular formula is C9H17F3N2O. The van der Waals surface area contributed by atoms with Crippen molar-refractivity contribution >= 4 is 5.91 Å². The molecule has 90 valence electrons. The van der Waals surface area contributed by atoms with Crippen molar-refractivity contribution in [2.45, 2.75) is 38.4 Å². The summed E-state index contributed by atoms with van der Waals surface area (Å²) in [6.07, 6.45) is -3.36. The predicted molar refractivity (Wildman–Crippen MR) is 51.2 cm³/mol. The lowest BCUT2D eigenvalue weighted by molar-refractivity contribution is -0.161. The third-order valence-corrected chi connectivity index (χ3v) is 2.02. The van der Waals surface area contributed by atoms with Crippen molar-refractivity contribution in [2.24, 2.45) is 5.73 Å². The Morgan fingerprint density at radius 1 is 1.40 bits per heavy atom. The number of alkyl halides is 3. The Bertz CT molecular complexity index is 226. The monoisotopic (exact) mass is 226 g/mol. The third kappa shape index (κ3) is 5.01. The molecule has 0 bridgehead atoms. The molecule has 0 aromatic rings. The molecule has 0 heterocycles. The van der Waals surface area contributed by atoms with Crippen LogP contribution in [0.3, 0.4) is 0 Å². The maximum absolute atomic E-state index is 12.0. The van der Waals surface area contributed by atoms with Crippen molar-refractivity contribution < 1.29 is 18.0 Å². The van der Waals surface area contributed by atoms with E-state index in [2.05, 4.69) is 0 Å². The van der Waals surface area contributed by atoms with Crippen LogP contribution in [0.4, 0.5) is 13.2 Å². The summed E-state index contributed by atoms with van der Waals surface area (Å²) in [5.41, 5.74) is 4.42. The summed E-state index contributed by atoms with van der Waals surface area (Å²) < 4.78 is 36.0. The summed E-state index contributed by atoms with van der Waals surface area (Å²) in [5.74, 6) is -0.679. The molecule has 3 nitrogen and oxygen atoms in total. The Kier molecular flexibility index (Phi) is 4.58. The standard InChI is InChI=1S/C9H17F3N2O/c1-4-5-8(2,13)7(15)14(3)6-9(10,11)12/h4-6,13H2,1-3H3. The zero-order chi connectivity index (χ0) is 12.3. The van der Waals surface area contributed by atoms with Gasteiger partial charge in [0.15, 0.2) is 0 Å². The third-order valence-electron chi connectivity index (χ3n) is 2.02. The van der Waals surface area contributed by atoms with Crippen LogP contribution in [-0.2, 0) is 4.79 Å². The summed E-state index contributed by atoms with van der Waals surface area (Å²) in [7, 11) is 1.11. The highest BCUT2D eigenvalue weighted by atomic mass is 19.4. The van der Waals surface area contributed by atoms with E-state index >= 15 is 0 Å². The molecule has 0 radical (unpaired) electrons. The Hall–Kier alpha value is -0.780. The van der Waals surface area contributed by atoms with Gasteiger partial charge in [0.1, 0.15) is 6.54 Å². The van der Waals surface area contributed by atoms with E-state index in [-0.39, 0.29) is 0 Å². The van der Waals surface area contributed by atoms with Gasteiger partial charge >= 0.3 is 6.18 Å². The van der Waals surface area contributed by atoms with Crippen molar-refractivity contribution in [1.82, 2.24) is 4.90 Å². The Morgan fingerprint density at radius 2 is 1.87 bits per heavy atom. The number of hydrogen-bond acceptors (Lipinski definition) is 2. The smallest absolute Gasteiger partial charge is 0.335 e. The summed E-state index contributed by atoms with van der Waals surface area (Å²) in [6, 6.07) is 0. The summed E-state index contributed by atoms with van der Waals surface area (Å²) >= 11 is 0. The zero-order valence-corrected chi connectivity index (χ0v) is 9.19. The second-order valence-corrected chi connectivity index (χ2v) is 3.94. The van der Waals surface area contributed by atoms with Gasteiger partial charge in [0.05, 0.1) is 5.54 Å². The van der Waals surface area contributed by atoms with E-state index in [9.17, 15) is 18.0 Å². The quantitative estimate of drug-likeness (QED) is 0.790. The molecular weight excluding hydrogens is 209 g/mol. The van der Waals surface area contributed by atoms with E-state index in [1.807, 2.05) is 6.92 Å². The lowest BCUT2D eigenvalue weighted by Crippen LogP contribution is -2.53. The first kappa shape index (κ1) is 14.2. The average molecular weight is 226 g/mol. The van der Waals surface area contributed by atoms with E-state index in [1.54, 1.807) is 0 Å². The molecule has 0 spiro atoms. The molecule has 0 aliphatic heterocycles. The molecule has 0 rings (SSSR count). The molecule has 1 amide bonds. The van der Waals surface area contributed by atoms with Crippen LogP contribution in [0.25, 0.3) is 0 Å². The van der Waals surface area contributed by atoms with Crippen LogP contribution in [0.5, 0.6) is 0 Å². The molecule has 0 aromatic heterocycles. The topological polar surface area (TPSA) is 46.3 Å². The first-order chi connectivity index (χ1) is 6.60. The van der Waals surface area contributed by atoms with Crippen molar-refractivity contribution in [3.05, 3.63) is 0 Å². The minimum absolute atomic E-state index is 0.369. The molecule has 2 N–H and O–H groups in total. The number of nitrogens with zero attached hydrogens (tertiary/aromatic N) is 1. The fraction of sp³-hybridized carbons (Fsp3) is 0.889. The van der Waals surface area contributed by atoms with E-state index in [0.717, 1.165) is 7.05 Å². The van der Waals surface area contributed by atoms with Gasteiger partial charge in [0.25, 0.3) is 0 Å². The van der Waals surface area contributed by atoms with E-state index in [0.29, 0.717) is 17.7 Å². The Morgan fingerprint density at radius 3 is 2.20 bits per heavy atom. The van der Waals surface area contributed by atoms with Gasteiger partial charge in [-0.25, -0.2) is 0 Å². The van der Waals surface area contributed by atoms with Gasteiger partial charge in [0, 0.05) is 7.05 Å². The highest BCUT2D eigenvalue weighted by Crippen LogP contribution is 2.18. The number of rotatable bonds is 4. The van der Waals surface area contributed by atoms with Crippen molar-refractivity contribution in [3.63, 3.8) is 0 Å². The van der Waals surface area contributed by atoms with E-state index < -0.39 is 24.2 Å². The maximum atomic E-state index is 12.0. The predicted octanol–water partition coefficient (Wildman–Crippen LogP) is 1.52. The van der Waals surface area contributed by atoms with Crippen LogP contribution in [0.2, 0.25) is 0 Å². The first-order valence-electron chi connectivity index (χ1n) is 4.71. The van der Waals surface area contributed by atoms with Gasteiger partial charge in [-0.2, -0.15) is 13.2 Å². The summed E-state index contributed by atoms with van der Waals surface area (Å²) in [4.78, 5) is 12.2. The Labute approximate surface area is 87.4 Å². The van der Waals surface area contributed by atoms with Gasteiger partial charge in [-0.1, -0.05) is 13.3 Å². The second kappa shape index (κ2) is 4.83. The van der Waals surface area contributed by atoms with Crippen LogP contribution >= 0.6 is 0 Å². The average Bonchev–Trinajstić information content (AvgIpc) is 1.99. The van der Waals surface area contributed by atoms with Crippen molar-refractivity contribution in [1.29, 1.82) is 0 Å². The number of halogens is 3. The van der Waals surface area contributed by atoms with Gasteiger partial charge in [-0.05, 0) is 13.3 Å². The van der Waals surface area contributed by atoms with Gasteiger partial charge in [-0.3, -0.25) is 4.79 Å². The molecule has 1 unspecified atom stereocenters. The number of carbonyl (C=O) groups excluding carboxylic acids is 1. The molecule has 1 atom stereocenters. The summed E-state index contributed by atoms with van der Waals surface area (Å²) in [5, 5.41) is 0. The second-order valence-electron chi connectivity index (χ2n) is 3.94. The van der Waals surface area contributed by atoms with Gasteiger partial charge < -0.3 is 10.6 Å². The molecule has 0 fully saturated rings. The molecule has 0 aliphatic rings. The molecule has 0 aliphatic carbocycles. The largest absolute Gasteiger partial charge is 0.406 e. The molecule has 0 saturated heterocycles. The van der Waals surface area contributed by atoms with E-state index in [4.69, 9.17) is 5.73 Å². The fourth-order valence-corrected chi connectivity index (χ4v) is 1.40. The molecule has 0 saturated carbocycles. The van der Waals surface area contributed by atoms with Crippen LogP contribution in [0, 0.1) is 0 Å². The SMILES string of the molecule is CCCC(C)(N)C(=O)N(C)CC(F)(F)F. The first-order valence-corrected chi connectivity index (χ1v) is 4.71. The minimum atomic E-state index is -4.38.